The molecule has 0 bridgehead atoms. The number of nitrogens with one attached hydrogen (secondary N) is 1. The highest BCUT2D eigenvalue weighted by Crippen LogP contribution is 2.23. The van der Waals surface area contributed by atoms with Crippen molar-refractivity contribution in [1.29, 1.82) is 0 Å². The van der Waals surface area contributed by atoms with E-state index in [0.717, 1.165) is 24.2 Å². The molecule has 1 unspecified atom stereocenters. The zero-order valence-corrected chi connectivity index (χ0v) is 15.0. The second-order valence-electron chi connectivity index (χ2n) is 6.24. The zero-order valence-electron chi connectivity index (χ0n) is 15.0. The number of carbonyl (C=O) groups excluding carboxylic acids is 2. The molecule has 0 spiro atoms. The van der Waals surface area contributed by atoms with Crippen LogP contribution in [0.15, 0.2) is 30.3 Å². The highest BCUT2D eigenvalue weighted by Gasteiger charge is 2.30. The molecule has 1 atom stereocenters. The summed E-state index contributed by atoms with van der Waals surface area (Å²) in [5.74, 6) is 0.135. The second-order valence-corrected chi connectivity index (χ2v) is 6.24. The van der Waals surface area contributed by atoms with E-state index in [4.69, 9.17) is 9.47 Å². The van der Waals surface area contributed by atoms with Crippen molar-refractivity contribution in [1.82, 2.24) is 15.1 Å². The van der Waals surface area contributed by atoms with Gasteiger partial charge in [-0.3, -0.25) is 14.7 Å². The molecule has 7 nitrogen and oxygen atoms in total. The molecule has 1 aliphatic heterocycles. The average Bonchev–Trinajstić information content (AvgIpc) is 3.18. The van der Waals surface area contributed by atoms with Crippen molar-refractivity contribution < 1.29 is 19.1 Å². The molecule has 1 fully saturated rings. The predicted molar refractivity (Wildman–Crippen MR) is 95.8 cm³/mol. The molecule has 3 rings (SSSR count). The Hall–Kier alpha value is -2.83. The van der Waals surface area contributed by atoms with E-state index in [1.165, 1.54) is 0 Å². The van der Waals surface area contributed by atoms with Crippen LogP contribution in [0.5, 0.6) is 5.75 Å². The summed E-state index contributed by atoms with van der Waals surface area (Å²) in [6, 6.07) is 9.21. The lowest BCUT2D eigenvalue weighted by atomic mass is 9.98. The van der Waals surface area contributed by atoms with Crippen molar-refractivity contribution in [3.8, 4) is 17.0 Å². The number of piperidine rings is 1. The summed E-state index contributed by atoms with van der Waals surface area (Å²) < 4.78 is 10.2. The summed E-state index contributed by atoms with van der Waals surface area (Å²) in [6.07, 6.45) is 1.54. The number of benzene rings is 1. The van der Waals surface area contributed by atoms with Gasteiger partial charge in [-0.25, -0.2) is 0 Å². The predicted octanol–water partition coefficient (Wildman–Crippen LogP) is 2.50. The first-order valence-electron chi connectivity index (χ1n) is 8.78. The van der Waals surface area contributed by atoms with Gasteiger partial charge < -0.3 is 14.4 Å². The molecule has 7 heteroatoms. The molecule has 1 amide bonds. The summed E-state index contributed by atoms with van der Waals surface area (Å²) in [5, 5.41) is 7.05. The zero-order chi connectivity index (χ0) is 18.5. The minimum absolute atomic E-state index is 0.147. The normalized spacial score (nSPS) is 17.0. The number of H-pyrrole nitrogens is 1. The standard InChI is InChI=1S/C19H23N3O4/c1-3-26-19(24)14-5-4-10-22(12-14)18(23)17-11-16(20-21-17)13-6-8-15(25-2)9-7-13/h6-9,11,14H,3-5,10,12H2,1-2H3,(H,20,21). The van der Waals surface area contributed by atoms with Crippen molar-refractivity contribution >= 4 is 11.9 Å². The Balaban J connectivity index is 1.70. The SMILES string of the molecule is CCOC(=O)C1CCCN(C(=O)c2cc(-c3ccc(OC)cc3)n[nH]2)C1. The van der Waals surface area contributed by atoms with Gasteiger partial charge in [0.2, 0.25) is 0 Å². The van der Waals surface area contributed by atoms with Crippen LogP contribution in [0.2, 0.25) is 0 Å². The Morgan fingerprint density at radius 2 is 2.08 bits per heavy atom. The number of hydrogen-bond donors (Lipinski definition) is 1. The van der Waals surface area contributed by atoms with Gasteiger partial charge in [0.1, 0.15) is 11.4 Å². The number of amides is 1. The number of nitrogens with zero attached hydrogens (tertiary/aromatic N) is 2. The molecule has 0 aliphatic carbocycles. The Morgan fingerprint density at radius 1 is 1.31 bits per heavy atom. The summed E-state index contributed by atoms with van der Waals surface area (Å²) in [6.45, 7) is 3.16. The van der Waals surface area contributed by atoms with E-state index in [-0.39, 0.29) is 17.8 Å². The van der Waals surface area contributed by atoms with E-state index in [2.05, 4.69) is 10.2 Å². The number of rotatable bonds is 5. The molecule has 1 aliphatic rings. The van der Waals surface area contributed by atoms with Gasteiger partial charge in [0, 0.05) is 18.7 Å². The number of methoxy groups -OCH3 is 1. The third-order valence-electron chi connectivity index (χ3n) is 4.52. The van der Waals surface area contributed by atoms with E-state index in [1.807, 2.05) is 24.3 Å². The van der Waals surface area contributed by atoms with Crippen LogP contribution in [0.25, 0.3) is 11.3 Å². The molecule has 138 valence electrons. The topological polar surface area (TPSA) is 84.5 Å². The molecule has 1 aromatic carbocycles. The summed E-state index contributed by atoms with van der Waals surface area (Å²) in [4.78, 5) is 26.4. The van der Waals surface area contributed by atoms with Crippen LogP contribution in [0.4, 0.5) is 0 Å². The summed E-state index contributed by atoms with van der Waals surface area (Å²) >= 11 is 0. The van der Waals surface area contributed by atoms with Crippen LogP contribution >= 0.6 is 0 Å². The third kappa shape index (κ3) is 3.87. The fourth-order valence-electron chi connectivity index (χ4n) is 3.13. The summed E-state index contributed by atoms with van der Waals surface area (Å²) in [5.41, 5.74) is 2.00. The molecule has 2 heterocycles. The fraction of sp³-hybridized carbons (Fsp3) is 0.421. The smallest absolute Gasteiger partial charge is 0.310 e. The minimum atomic E-state index is -0.253. The first kappa shape index (κ1) is 18.0. The maximum Gasteiger partial charge on any atom is 0.310 e. The largest absolute Gasteiger partial charge is 0.497 e. The number of esters is 1. The summed E-state index contributed by atoms with van der Waals surface area (Å²) in [7, 11) is 1.61. The lowest BCUT2D eigenvalue weighted by Gasteiger charge is -2.31. The van der Waals surface area contributed by atoms with Crippen molar-refractivity contribution in [3.63, 3.8) is 0 Å². The molecule has 1 aromatic heterocycles. The van der Waals surface area contributed by atoms with Crippen molar-refractivity contribution in [3.05, 3.63) is 36.0 Å². The van der Waals surface area contributed by atoms with Gasteiger partial charge in [0.25, 0.3) is 5.91 Å². The lowest BCUT2D eigenvalue weighted by Crippen LogP contribution is -2.43. The van der Waals surface area contributed by atoms with Crippen LogP contribution in [0.1, 0.15) is 30.3 Å². The maximum atomic E-state index is 12.8. The molecule has 26 heavy (non-hydrogen) atoms. The Morgan fingerprint density at radius 3 is 2.77 bits per heavy atom. The number of aromatic nitrogens is 2. The molecular weight excluding hydrogens is 334 g/mol. The van der Waals surface area contributed by atoms with Crippen LogP contribution < -0.4 is 4.74 Å². The van der Waals surface area contributed by atoms with E-state index < -0.39 is 0 Å². The molecule has 0 radical (unpaired) electrons. The number of carbonyl (C=O) groups is 2. The maximum absolute atomic E-state index is 12.8. The van der Waals surface area contributed by atoms with E-state index in [1.54, 1.807) is 25.0 Å². The second kappa shape index (κ2) is 8.03. The van der Waals surface area contributed by atoms with E-state index in [0.29, 0.717) is 31.1 Å². The van der Waals surface area contributed by atoms with Crippen molar-refractivity contribution in [2.45, 2.75) is 19.8 Å². The number of ether oxygens (including phenoxy) is 2. The lowest BCUT2D eigenvalue weighted by molar-refractivity contribution is -0.149. The molecule has 1 N–H and O–H groups in total. The fourth-order valence-corrected chi connectivity index (χ4v) is 3.13. The highest BCUT2D eigenvalue weighted by atomic mass is 16.5. The van der Waals surface area contributed by atoms with Crippen LogP contribution in [-0.4, -0.2) is 53.8 Å². The van der Waals surface area contributed by atoms with Gasteiger partial charge in [0.05, 0.1) is 25.3 Å². The Kier molecular flexibility index (Phi) is 5.55. The Labute approximate surface area is 152 Å². The van der Waals surface area contributed by atoms with Gasteiger partial charge >= 0.3 is 5.97 Å². The van der Waals surface area contributed by atoms with Crippen LogP contribution in [-0.2, 0) is 9.53 Å². The number of hydrogen-bond acceptors (Lipinski definition) is 5. The molecule has 2 aromatic rings. The van der Waals surface area contributed by atoms with Crippen LogP contribution in [0.3, 0.4) is 0 Å². The molecular formula is C19H23N3O4. The van der Waals surface area contributed by atoms with Gasteiger partial charge in [0.15, 0.2) is 0 Å². The van der Waals surface area contributed by atoms with Gasteiger partial charge in [-0.15, -0.1) is 0 Å². The van der Waals surface area contributed by atoms with Crippen molar-refractivity contribution in [2.24, 2.45) is 5.92 Å². The Bertz CT molecular complexity index is 769. The van der Waals surface area contributed by atoms with Gasteiger partial charge in [-0.1, -0.05) is 0 Å². The van der Waals surface area contributed by atoms with Crippen LogP contribution in [0, 0.1) is 5.92 Å². The van der Waals surface area contributed by atoms with Gasteiger partial charge in [-0.05, 0) is 50.1 Å². The minimum Gasteiger partial charge on any atom is -0.497 e. The van der Waals surface area contributed by atoms with Crippen molar-refractivity contribution in [2.75, 3.05) is 26.8 Å². The third-order valence-corrected chi connectivity index (χ3v) is 4.52. The number of likely N-dealkylation sites (tertiary alicyclic amines) is 1. The monoisotopic (exact) mass is 357 g/mol. The van der Waals surface area contributed by atoms with E-state index in [9.17, 15) is 9.59 Å². The number of aromatic amines is 1. The first-order chi connectivity index (χ1) is 12.6. The quantitative estimate of drug-likeness (QED) is 0.831. The molecule has 1 saturated heterocycles. The average molecular weight is 357 g/mol. The van der Waals surface area contributed by atoms with E-state index >= 15 is 0 Å². The molecule has 0 saturated carbocycles. The first-order valence-corrected chi connectivity index (χ1v) is 8.78. The highest BCUT2D eigenvalue weighted by molar-refractivity contribution is 5.93. The van der Waals surface area contributed by atoms with Gasteiger partial charge in [-0.2, -0.15) is 5.10 Å².